The highest BCUT2D eigenvalue weighted by atomic mass is 16.3. The summed E-state index contributed by atoms with van der Waals surface area (Å²) in [7, 11) is 0. The monoisotopic (exact) mass is 382 g/mol. The second-order valence-electron chi connectivity index (χ2n) is 7.96. The number of amides is 1. The molecule has 0 N–H and O–H groups in total. The Labute approximate surface area is 166 Å². The number of nitrogens with zero attached hydrogens (tertiary/aromatic N) is 4. The third-order valence-corrected chi connectivity index (χ3v) is 6.16. The summed E-state index contributed by atoms with van der Waals surface area (Å²) in [6.45, 7) is 4.59. The number of piperidine rings is 1. The van der Waals surface area contributed by atoms with Crippen LogP contribution in [0, 0.1) is 5.92 Å². The van der Waals surface area contributed by atoms with Gasteiger partial charge in [0.25, 0.3) is 0 Å². The van der Waals surface area contributed by atoms with Gasteiger partial charge in [0.2, 0.25) is 5.91 Å². The smallest absolute Gasteiger partial charge is 0.227 e. The zero-order chi connectivity index (χ0) is 19.3. The van der Waals surface area contributed by atoms with E-state index in [4.69, 9.17) is 4.42 Å². The van der Waals surface area contributed by atoms with Gasteiger partial charge in [-0.3, -0.25) is 4.79 Å². The third-order valence-electron chi connectivity index (χ3n) is 6.16. The summed E-state index contributed by atoms with van der Waals surface area (Å²) >= 11 is 0. The maximum Gasteiger partial charge on any atom is 0.227 e. The van der Waals surface area contributed by atoms with Crippen molar-refractivity contribution in [2.45, 2.75) is 57.9 Å². The molecular weight excluding hydrogens is 352 g/mol. The second kappa shape index (κ2) is 8.76. The molecule has 0 radical (unpaired) electrons. The van der Waals surface area contributed by atoms with Crippen LogP contribution in [0.5, 0.6) is 0 Å². The summed E-state index contributed by atoms with van der Waals surface area (Å²) in [5, 5.41) is 8.71. The maximum atomic E-state index is 13.3. The molecule has 150 valence electrons. The van der Waals surface area contributed by atoms with Crippen molar-refractivity contribution in [3.8, 4) is 11.5 Å². The molecule has 2 aromatic heterocycles. The summed E-state index contributed by atoms with van der Waals surface area (Å²) in [6.07, 6.45) is 9.76. The number of furan rings is 1. The quantitative estimate of drug-likeness (QED) is 0.778. The topological polar surface area (TPSA) is 62.5 Å². The van der Waals surface area contributed by atoms with Gasteiger partial charge in [0.15, 0.2) is 11.6 Å². The molecule has 1 saturated carbocycles. The van der Waals surface area contributed by atoms with Crippen molar-refractivity contribution in [2.24, 2.45) is 5.92 Å². The molecule has 0 aromatic carbocycles. The molecule has 0 bridgehead atoms. The predicted molar refractivity (Wildman–Crippen MR) is 109 cm³/mol. The molecule has 1 amide bonds. The van der Waals surface area contributed by atoms with Crippen molar-refractivity contribution in [2.75, 3.05) is 24.5 Å². The van der Waals surface area contributed by atoms with E-state index in [0.29, 0.717) is 11.9 Å². The summed E-state index contributed by atoms with van der Waals surface area (Å²) in [4.78, 5) is 17.6. The first kappa shape index (κ1) is 19.0. The molecule has 4 rings (SSSR count). The van der Waals surface area contributed by atoms with Gasteiger partial charge in [-0.2, -0.15) is 0 Å². The number of carbonyl (C=O) groups excluding carboxylic acids is 1. The van der Waals surface area contributed by atoms with Gasteiger partial charge in [0, 0.05) is 25.7 Å². The molecule has 1 aliphatic carbocycles. The van der Waals surface area contributed by atoms with Gasteiger partial charge >= 0.3 is 0 Å². The van der Waals surface area contributed by atoms with Crippen LogP contribution in [-0.2, 0) is 4.79 Å². The fraction of sp³-hybridized carbons (Fsp3) is 0.591. The lowest BCUT2D eigenvalue weighted by Gasteiger charge is -2.39. The summed E-state index contributed by atoms with van der Waals surface area (Å²) < 4.78 is 5.38. The Morgan fingerprint density at radius 2 is 2.00 bits per heavy atom. The lowest BCUT2D eigenvalue weighted by Crippen LogP contribution is -2.49. The number of rotatable bonds is 5. The second-order valence-corrected chi connectivity index (χ2v) is 7.96. The average molecular weight is 383 g/mol. The van der Waals surface area contributed by atoms with Gasteiger partial charge < -0.3 is 14.2 Å². The van der Waals surface area contributed by atoms with Gasteiger partial charge in [-0.05, 0) is 56.9 Å². The van der Waals surface area contributed by atoms with Crippen LogP contribution in [0.4, 0.5) is 5.82 Å². The van der Waals surface area contributed by atoms with E-state index in [0.717, 1.165) is 62.6 Å². The first-order chi connectivity index (χ1) is 13.8. The summed E-state index contributed by atoms with van der Waals surface area (Å²) in [5.74, 6) is 1.95. The number of aromatic nitrogens is 2. The van der Waals surface area contributed by atoms with Crippen LogP contribution in [0.1, 0.15) is 51.9 Å². The molecule has 6 nitrogen and oxygen atoms in total. The van der Waals surface area contributed by atoms with E-state index < -0.39 is 0 Å². The lowest BCUT2D eigenvalue weighted by molar-refractivity contribution is -0.138. The van der Waals surface area contributed by atoms with E-state index in [1.165, 1.54) is 19.3 Å². The minimum absolute atomic E-state index is 0.0576. The van der Waals surface area contributed by atoms with Crippen LogP contribution < -0.4 is 4.90 Å². The van der Waals surface area contributed by atoms with Crippen LogP contribution in [0.25, 0.3) is 11.5 Å². The molecule has 3 heterocycles. The standard InChI is InChI=1S/C22H30N4O2/c1-2-26(18-9-4-3-5-10-18)22(27)17-8-6-14-25(16-17)21-13-12-19(23-24-21)20-11-7-15-28-20/h7,11-13,15,17-18H,2-6,8-10,14,16H2,1H3. The highest BCUT2D eigenvalue weighted by molar-refractivity contribution is 5.80. The van der Waals surface area contributed by atoms with Crippen molar-refractivity contribution in [3.05, 3.63) is 30.5 Å². The zero-order valence-corrected chi connectivity index (χ0v) is 16.7. The molecule has 2 aliphatic rings. The maximum absolute atomic E-state index is 13.3. The number of hydrogen-bond donors (Lipinski definition) is 0. The van der Waals surface area contributed by atoms with E-state index in [2.05, 4.69) is 26.9 Å². The summed E-state index contributed by atoms with van der Waals surface area (Å²) in [5.41, 5.74) is 0.729. The van der Waals surface area contributed by atoms with E-state index in [9.17, 15) is 4.79 Å². The molecule has 2 fully saturated rings. The number of carbonyl (C=O) groups is 1. The van der Waals surface area contributed by atoms with Gasteiger partial charge in [-0.25, -0.2) is 0 Å². The number of anilines is 1. The van der Waals surface area contributed by atoms with Crippen molar-refractivity contribution >= 4 is 11.7 Å². The Balaban J connectivity index is 1.42. The highest BCUT2D eigenvalue weighted by Gasteiger charge is 2.33. The minimum atomic E-state index is 0.0576. The Hall–Kier alpha value is -2.37. The van der Waals surface area contributed by atoms with Crippen molar-refractivity contribution in [1.29, 1.82) is 0 Å². The van der Waals surface area contributed by atoms with E-state index in [-0.39, 0.29) is 5.92 Å². The SMILES string of the molecule is CCN(C(=O)C1CCCN(c2ccc(-c3ccco3)nn2)C1)C1CCCCC1. The van der Waals surface area contributed by atoms with Crippen molar-refractivity contribution in [3.63, 3.8) is 0 Å². The first-order valence-electron chi connectivity index (χ1n) is 10.7. The average Bonchev–Trinajstić information content (AvgIpc) is 3.30. The van der Waals surface area contributed by atoms with Crippen LogP contribution >= 0.6 is 0 Å². The summed E-state index contributed by atoms with van der Waals surface area (Å²) in [6, 6.07) is 8.08. The third kappa shape index (κ3) is 4.05. The molecule has 2 aromatic rings. The minimum Gasteiger partial charge on any atom is -0.463 e. The van der Waals surface area contributed by atoms with Gasteiger partial charge in [0.05, 0.1) is 12.2 Å². The van der Waals surface area contributed by atoms with Gasteiger partial charge in [0.1, 0.15) is 5.69 Å². The Morgan fingerprint density at radius 3 is 2.68 bits per heavy atom. The van der Waals surface area contributed by atoms with E-state index >= 15 is 0 Å². The molecule has 28 heavy (non-hydrogen) atoms. The van der Waals surface area contributed by atoms with E-state index in [1.807, 2.05) is 24.3 Å². The normalized spacial score (nSPS) is 20.9. The van der Waals surface area contributed by atoms with Gasteiger partial charge in [-0.15, -0.1) is 10.2 Å². The Bertz CT molecular complexity index is 753. The highest BCUT2D eigenvalue weighted by Crippen LogP contribution is 2.28. The molecule has 6 heteroatoms. The predicted octanol–water partition coefficient (Wildman–Crippen LogP) is 4.13. The zero-order valence-electron chi connectivity index (χ0n) is 16.7. The van der Waals surface area contributed by atoms with Crippen LogP contribution in [0.15, 0.2) is 34.9 Å². The van der Waals surface area contributed by atoms with Crippen LogP contribution in [-0.4, -0.2) is 46.7 Å². The fourth-order valence-corrected chi connectivity index (χ4v) is 4.66. The first-order valence-corrected chi connectivity index (χ1v) is 10.7. The van der Waals surface area contributed by atoms with Crippen LogP contribution in [0.3, 0.4) is 0 Å². The Morgan fingerprint density at radius 1 is 1.14 bits per heavy atom. The lowest BCUT2D eigenvalue weighted by atomic mass is 9.91. The molecule has 0 spiro atoms. The van der Waals surface area contributed by atoms with E-state index in [1.54, 1.807) is 6.26 Å². The molecule has 1 unspecified atom stereocenters. The number of hydrogen-bond acceptors (Lipinski definition) is 5. The van der Waals surface area contributed by atoms with Crippen molar-refractivity contribution < 1.29 is 9.21 Å². The fourth-order valence-electron chi connectivity index (χ4n) is 4.66. The molecule has 1 saturated heterocycles. The van der Waals surface area contributed by atoms with Crippen LogP contribution in [0.2, 0.25) is 0 Å². The Kier molecular flexibility index (Phi) is 5.93. The van der Waals surface area contributed by atoms with Gasteiger partial charge in [-0.1, -0.05) is 19.3 Å². The molecule has 1 atom stereocenters. The molecule has 1 aliphatic heterocycles. The largest absolute Gasteiger partial charge is 0.463 e. The molecular formula is C22H30N4O2. The van der Waals surface area contributed by atoms with Crippen molar-refractivity contribution in [1.82, 2.24) is 15.1 Å².